The lowest BCUT2D eigenvalue weighted by molar-refractivity contribution is -0.387. The molecule has 7 nitrogen and oxygen atoms in total. The van der Waals surface area contributed by atoms with Gasteiger partial charge in [-0.05, 0) is 12.8 Å². The van der Waals surface area contributed by atoms with E-state index >= 15 is 0 Å². The molecule has 2 N–H and O–H groups in total. The average Bonchev–Trinajstić information content (AvgIpc) is 2.27. The summed E-state index contributed by atoms with van der Waals surface area (Å²) in [5, 5.41) is 11.2. The summed E-state index contributed by atoms with van der Waals surface area (Å²) in [5.41, 5.74) is 6.04. The van der Waals surface area contributed by atoms with Gasteiger partial charge in [-0.1, -0.05) is 13.8 Å². The van der Waals surface area contributed by atoms with Crippen molar-refractivity contribution in [3.8, 4) is 5.88 Å². The summed E-state index contributed by atoms with van der Waals surface area (Å²) < 4.78 is 4.92. The second-order valence-electron chi connectivity index (χ2n) is 4.50. The summed E-state index contributed by atoms with van der Waals surface area (Å²) in [7, 11) is 1.34. The number of nitrogens with zero attached hydrogens (tertiary/aromatic N) is 3. The Bertz CT molecular complexity index is 426. The van der Waals surface area contributed by atoms with Crippen LogP contribution in [0.5, 0.6) is 5.88 Å². The predicted molar refractivity (Wildman–Crippen MR) is 66.5 cm³/mol. The lowest BCUT2D eigenvalue weighted by Crippen LogP contribution is -2.30. The number of aromatic nitrogens is 2. The number of nitrogens with two attached hydrogens (primary N) is 1. The number of nitro groups is 1. The molecule has 0 radical (unpaired) electrons. The largest absolute Gasteiger partial charge is 0.476 e. The van der Waals surface area contributed by atoms with Crippen LogP contribution in [0.4, 0.5) is 5.69 Å². The normalized spacial score (nSPS) is 14.3. The summed E-state index contributed by atoms with van der Waals surface area (Å²) in [6, 6.07) is -0.247. The molecule has 0 saturated carbocycles. The highest BCUT2D eigenvalue weighted by Gasteiger charge is 2.33. The van der Waals surface area contributed by atoms with Gasteiger partial charge in [0, 0.05) is 12.0 Å². The lowest BCUT2D eigenvalue weighted by Gasteiger charge is -2.23. The second kappa shape index (κ2) is 5.72. The SMILES string of the molecule is COc1ncnc(C(C(C)C)C(C)N)c1[N+](=O)[O-]. The van der Waals surface area contributed by atoms with Gasteiger partial charge in [0.15, 0.2) is 0 Å². The van der Waals surface area contributed by atoms with Crippen molar-refractivity contribution in [2.24, 2.45) is 11.7 Å². The quantitative estimate of drug-likeness (QED) is 0.630. The summed E-state index contributed by atoms with van der Waals surface area (Å²) in [6.07, 6.45) is 1.26. The van der Waals surface area contributed by atoms with Crippen LogP contribution in [0, 0.1) is 16.0 Å². The van der Waals surface area contributed by atoms with Gasteiger partial charge in [-0.25, -0.2) is 4.98 Å². The standard InChI is InChI=1S/C11H18N4O3/c1-6(2)8(7(3)12)9-10(15(16)17)11(18-4)14-5-13-9/h5-8H,12H2,1-4H3. The zero-order valence-electron chi connectivity index (χ0n) is 11.0. The Balaban J connectivity index is 3.42. The van der Waals surface area contributed by atoms with Crippen molar-refractivity contribution >= 4 is 5.69 Å². The van der Waals surface area contributed by atoms with Crippen molar-refractivity contribution in [2.75, 3.05) is 7.11 Å². The molecule has 1 aromatic heterocycles. The maximum atomic E-state index is 11.2. The van der Waals surface area contributed by atoms with E-state index in [4.69, 9.17) is 10.5 Å². The number of methoxy groups -OCH3 is 1. The topological polar surface area (TPSA) is 104 Å². The van der Waals surface area contributed by atoms with E-state index in [9.17, 15) is 10.1 Å². The smallest absolute Gasteiger partial charge is 0.352 e. The fraction of sp³-hybridized carbons (Fsp3) is 0.636. The Morgan fingerprint density at radius 3 is 2.39 bits per heavy atom. The van der Waals surface area contributed by atoms with Crippen LogP contribution in [0.25, 0.3) is 0 Å². The van der Waals surface area contributed by atoms with Gasteiger partial charge in [-0.3, -0.25) is 10.1 Å². The molecule has 100 valence electrons. The van der Waals surface area contributed by atoms with Crippen LogP contribution in [-0.4, -0.2) is 28.0 Å². The number of ether oxygens (including phenoxy) is 1. The first-order chi connectivity index (χ1) is 8.40. The molecule has 0 saturated heterocycles. The van der Waals surface area contributed by atoms with Crippen molar-refractivity contribution in [2.45, 2.75) is 32.7 Å². The van der Waals surface area contributed by atoms with Gasteiger partial charge >= 0.3 is 5.69 Å². The molecule has 1 rings (SSSR count). The molecule has 0 fully saturated rings. The summed E-state index contributed by atoms with van der Waals surface area (Å²) >= 11 is 0. The highest BCUT2D eigenvalue weighted by molar-refractivity contribution is 5.46. The number of hydrogen-bond donors (Lipinski definition) is 1. The maximum Gasteiger partial charge on any atom is 0.352 e. The van der Waals surface area contributed by atoms with E-state index in [0.717, 1.165) is 0 Å². The lowest BCUT2D eigenvalue weighted by atomic mass is 9.86. The van der Waals surface area contributed by atoms with E-state index in [1.54, 1.807) is 0 Å². The Hall–Kier alpha value is -1.76. The Labute approximate surface area is 106 Å². The minimum atomic E-state index is -0.522. The van der Waals surface area contributed by atoms with Crippen LogP contribution in [0.2, 0.25) is 0 Å². The predicted octanol–water partition coefficient (Wildman–Crippen LogP) is 1.48. The van der Waals surface area contributed by atoms with Gasteiger partial charge < -0.3 is 10.5 Å². The molecule has 0 amide bonds. The molecule has 2 atom stereocenters. The molecular formula is C11H18N4O3. The van der Waals surface area contributed by atoms with E-state index in [1.807, 2.05) is 20.8 Å². The molecule has 0 spiro atoms. The summed E-state index contributed by atoms with van der Waals surface area (Å²) in [4.78, 5) is 18.4. The van der Waals surface area contributed by atoms with Gasteiger partial charge in [-0.2, -0.15) is 4.98 Å². The van der Waals surface area contributed by atoms with Crippen LogP contribution in [0.1, 0.15) is 32.4 Å². The fourth-order valence-electron chi connectivity index (χ4n) is 2.11. The zero-order valence-corrected chi connectivity index (χ0v) is 11.0. The Morgan fingerprint density at radius 1 is 1.39 bits per heavy atom. The summed E-state index contributed by atoms with van der Waals surface area (Å²) in [6.45, 7) is 5.71. The fourth-order valence-corrected chi connectivity index (χ4v) is 2.11. The number of rotatable bonds is 5. The Morgan fingerprint density at radius 2 is 2.00 bits per heavy atom. The molecule has 1 aromatic rings. The van der Waals surface area contributed by atoms with Gasteiger partial charge in [0.25, 0.3) is 5.88 Å². The molecule has 0 bridgehead atoms. The van der Waals surface area contributed by atoms with Crippen molar-refractivity contribution in [3.63, 3.8) is 0 Å². The van der Waals surface area contributed by atoms with Crippen LogP contribution in [0.3, 0.4) is 0 Å². The summed E-state index contributed by atoms with van der Waals surface area (Å²) in [5.74, 6) is -0.123. The average molecular weight is 254 g/mol. The first kappa shape index (κ1) is 14.3. The highest BCUT2D eigenvalue weighted by Crippen LogP contribution is 2.36. The van der Waals surface area contributed by atoms with Crippen molar-refractivity contribution < 1.29 is 9.66 Å². The third-order valence-corrected chi connectivity index (χ3v) is 2.79. The minimum Gasteiger partial charge on any atom is -0.476 e. The van der Waals surface area contributed by atoms with Crippen LogP contribution in [-0.2, 0) is 0 Å². The third-order valence-electron chi connectivity index (χ3n) is 2.79. The van der Waals surface area contributed by atoms with Crippen LogP contribution >= 0.6 is 0 Å². The molecule has 7 heteroatoms. The molecule has 18 heavy (non-hydrogen) atoms. The molecular weight excluding hydrogens is 236 g/mol. The highest BCUT2D eigenvalue weighted by atomic mass is 16.6. The van der Waals surface area contributed by atoms with Gasteiger partial charge in [0.1, 0.15) is 12.0 Å². The van der Waals surface area contributed by atoms with Gasteiger partial charge in [0.2, 0.25) is 0 Å². The van der Waals surface area contributed by atoms with Crippen LogP contribution < -0.4 is 10.5 Å². The van der Waals surface area contributed by atoms with E-state index < -0.39 is 4.92 Å². The first-order valence-electron chi connectivity index (χ1n) is 5.69. The van der Waals surface area contributed by atoms with Crippen molar-refractivity contribution in [3.05, 3.63) is 22.1 Å². The Kier molecular flexibility index (Phi) is 4.55. The van der Waals surface area contributed by atoms with Gasteiger partial charge in [-0.15, -0.1) is 0 Å². The van der Waals surface area contributed by atoms with E-state index in [0.29, 0.717) is 5.69 Å². The van der Waals surface area contributed by atoms with E-state index in [2.05, 4.69) is 9.97 Å². The zero-order chi connectivity index (χ0) is 13.9. The van der Waals surface area contributed by atoms with E-state index in [-0.39, 0.29) is 29.4 Å². The number of hydrogen-bond acceptors (Lipinski definition) is 6. The minimum absolute atomic E-state index is 0.0312. The van der Waals surface area contributed by atoms with Crippen molar-refractivity contribution in [1.82, 2.24) is 9.97 Å². The van der Waals surface area contributed by atoms with Crippen LogP contribution in [0.15, 0.2) is 6.33 Å². The monoisotopic (exact) mass is 254 g/mol. The van der Waals surface area contributed by atoms with E-state index in [1.165, 1.54) is 13.4 Å². The second-order valence-corrected chi connectivity index (χ2v) is 4.50. The maximum absolute atomic E-state index is 11.2. The molecule has 1 heterocycles. The molecule has 2 unspecified atom stereocenters. The molecule has 0 aliphatic rings. The molecule has 0 aliphatic heterocycles. The van der Waals surface area contributed by atoms with Gasteiger partial charge in [0.05, 0.1) is 12.0 Å². The first-order valence-corrected chi connectivity index (χ1v) is 5.69. The third kappa shape index (κ3) is 2.73. The van der Waals surface area contributed by atoms with Crippen molar-refractivity contribution in [1.29, 1.82) is 0 Å². The molecule has 0 aromatic carbocycles. The molecule has 0 aliphatic carbocycles.